The van der Waals surface area contributed by atoms with E-state index in [1.165, 1.54) is 12.8 Å². The van der Waals surface area contributed by atoms with Gasteiger partial charge < -0.3 is 16.2 Å². The Morgan fingerprint density at radius 2 is 1.90 bits per heavy atom. The number of aliphatic hydroxyl groups excluding tert-OH is 1. The Kier molecular flexibility index (Phi) is 6.30. The smallest absolute Gasteiger partial charge is 0.223 e. The molecule has 0 heterocycles. The Balaban J connectivity index is 1.83. The summed E-state index contributed by atoms with van der Waals surface area (Å²) in [5, 5.41) is 13.2. The summed E-state index contributed by atoms with van der Waals surface area (Å²) in [5.74, 6) is 0.914. The Morgan fingerprint density at radius 1 is 1.10 bits per heavy atom. The number of hydrogen-bond acceptors (Lipinski definition) is 3. The van der Waals surface area contributed by atoms with Gasteiger partial charge in [0, 0.05) is 5.92 Å². The highest BCUT2D eigenvalue weighted by Crippen LogP contribution is 2.31. The van der Waals surface area contributed by atoms with Crippen LogP contribution in [0.25, 0.3) is 0 Å². The number of amides is 1. The minimum atomic E-state index is -0.357. The number of nitrogens with two attached hydrogens (primary N) is 1. The Hall–Kier alpha value is -0.610. The number of nitrogens with one attached hydrogen (secondary N) is 1. The van der Waals surface area contributed by atoms with Crippen molar-refractivity contribution in [2.75, 3.05) is 6.54 Å². The zero-order valence-corrected chi connectivity index (χ0v) is 12.5. The van der Waals surface area contributed by atoms with Gasteiger partial charge in [0.1, 0.15) is 0 Å². The number of rotatable bonds is 4. The lowest BCUT2D eigenvalue weighted by molar-refractivity contribution is -0.128. The van der Waals surface area contributed by atoms with Gasteiger partial charge in [0.2, 0.25) is 5.91 Å². The second-order valence-electron chi connectivity index (χ2n) is 6.63. The molecule has 0 bridgehead atoms. The Labute approximate surface area is 122 Å². The molecule has 4 nitrogen and oxygen atoms in total. The van der Waals surface area contributed by atoms with Crippen LogP contribution in [0.15, 0.2) is 0 Å². The van der Waals surface area contributed by atoms with Crippen molar-refractivity contribution < 1.29 is 9.90 Å². The maximum atomic E-state index is 12.4. The second kappa shape index (κ2) is 7.99. The molecule has 4 N–H and O–H groups in total. The van der Waals surface area contributed by atoms with Crippen LogP contribution in [0.4, 0.5) is 0 Å². The van der Waals surface area contributed by atoms with Crippen molar-refractivity contribution in [3.8, 4) is 0 Å². The van der Waals surface area contributed by atoms with Crippen molar-refractivity contribution in [1.29, 1.82) is 0 Å². The molecule has 2 rings (SSSR count). The van der Waals surface area contributed by atoms with E-state index in [2.05, 4.69) is 5.32 Å². The van der Waals surface area contributed by atoms with Crippen molar-refractivity contribution in [3.05, 3.63) is 0 Å². The molecule has 0 aromatic rings. The van der Waals surface area contributed by atoms with Crippen molar-refractivity contribution in [2.24, 2.45) is 17.6 Å². The van der Waals surface area contributed by atoms with Gasteiger partial charge in [0.25, 0.3) is 0 Å². The molecule has 2 aliphatic rings. The maximum absolute atomic E-state index is 12.4. The molecule has 4 unspecified atom stereocenters. The Bertz CT molecular complexity index is 307. The summed E-state index contributed by atoms with van der Waals surface area (Å²) >= 11 is 0. The number of aliphatic hydroxyl groups is 1. The normalized spacial score (nSPS) is 35.3. The minimum absolute atomic E-state index is 0.0279. The van der Waals surface area contributed by atoms with Crippen LogP contribution in [0.2, 0.25) is 0 Å². The topological polar surface area (TPSA) is 75.4 Å². The molecule has 2 saturated carbocycles. The SMILES string of the molecule is NCCC1CCCC(C(=O)NC2CCCCCC2O)C1. The lowest BCUT2D eigenvalue weighted by Gasteiger charge is -2.30. The summed E-state index contributed by atoms with van der Waals surface area (Å²) in [6, 6.07) is -0.0279. The van der Waals surface area contributed by atoms with Crippen molar-refractivity contribution in [3.63, 3.8) is 0 Å². The van der Waals surface area contributed by atoms with Crippen LogP contribution in [-0.4, -0.2) is 29.7 Å². The minimum Gasteiger partial charge on any atom is -0.391 e. The molecule has 2 aliphatic carbocycles. The predicted octanol–water partition coefficient (Wildman–Crippen LogP) is 1.95. The highest BCUT2D eigenvalue weighted by Gasteiger charge is 2.30. The molecule has 0 saturated heterocycles. The Morgan fingerprint density at radius 3 is 2.70 bits per heavy atom. The lowest BCUT2D eigenvalue weighted by atomic mass is 9.79. The van der Waals surface area contributed by atoms with Gasteiger partial charge in [-0.15, -0.1) is 0 Å². The zero-order chi connectivity index (χ0) is 14.4. The maximum Gasteiger partial charge on any atom is 0.223 e. The standard InChI is InChI=1S/C16H30N2O2/c17-10-9-12-5-4-6-13(11-12)16(20)18-14-7-2-1-3-8-15(14)19/h12-15,19H,1-11,17H2,(H,18,20). The van der Waals surface area contributed by atoms with Gasteiger partial charge in [-0.1, -0.05) is 32.1 Å². The van der Waals surface area contributed by atoms with Gasteiger partial charge in [-0.3, -0.25) is 4.79 Å². The predicted molar refractivity (Wildman–Crippen MR) is 80.1 cm³/mol. The van der Waals surface area contributed by atoms with Gasteiger partial charge in [-0.05, 0) is 44.6 Å². The highest BCUT2D eigenvalue weighted by atomic mass is 16.3. The fourth-order valence-electron chi connectivity index (χ4n) is 3.78. The summed E-state index contributed by atoms with van der Waals surface area (Å²) in [7, 11) is 0. The van der Waals surface area contributed by atoms with Crippen LogP contribution in [0.3, 0.4) is 0 Å². The third kappa shape index (κ3) is 4.45. The van der Waals surface area contributed by atoms with E-state index < -0.39 is 0 Å². The first kappa shape index (κ1) is 15.8. The van der Waals surface area contributed by atoms with Crippen LogP contribution in [0, 0.1) is 11.8 Å². The fraction of sp³-hybridized carbons (Fsp3) is 0.938. The molecule has 1 amide bonds. The van der Waals surface area contributed by atoms with E-state index in [4.69, 9.17) is 5.73 Å². The van der Waals surface area contributed by atoms with Crippen LogP contribution < -0.4 is 11.1 Å². The first-order valence-corrected chi connectivity index (χ1v) is 8.39. The molecular formula is C16H30N2O2. The van der Waals surface area contributed by atoms with Crippen LogP contribution in [0.1, 0.15) is 64.2 Å². The quantitative estimate of drug-likeness (QED) is 0.690. The van der Waals surface area contributed by atoms with Gasteiger partial charge >= 0.3 is 0 Å². The average Bonchev–Trinajstić information content (AvgIpc) is 2.65. The van der Waals surface area contributed by atoms with E-state index in [0.29, 0.717) is 5.92 Å². The van der Waals surface area contributed by atoms with E-state index in [-0.39, 0.29) is 24.0 Å². The molecule has 20 heavy (non-hydrogen) atoms. The van der Waals surface area contributed by atoms with Crippen LogP contribution in [-0.2, 0) is 4.79 Å². The van der Waals surface area contributed by atoms with E-state index in [1.807, 2.05) is 0 Å². The summed E-state index contributed by atoms with van der Waals surface area (Å²) in [6.45, 7) is 0.723. The zero-order valence-electron chi connectivity index (χ0n) is 12.5. The van der Waals surface area contributed by atoms with E-state index in [0.717, 1.165) is 57.9 Å². The number of hydrogen-bond donors (Lipinski definition) is 3. The summed E-state index contributed by atoms with van der Waals surface area (Å²) in [5.41, 5.74) is 5.63. The molecule has 0 aromatic carbocycles. The lowest BCUT2D eigenvalue weighted by Crippen LogP contribution is -2.46. The molecule has 0 radical (unpaired) electrons. The molecule has 4 heteroatoms. The summed E-state index contributed by atoms with van der Waals surface area (Å²) in [6.07, 6.45) is 10.1. The van der Waals surface area contributed by atoms with Gasteiger partial charge in [-0.2, -0.15) is 0 Å². The molecule has 116 valence electrons. The molecule has 0 aliphatic heterocycles. The second-order valence-corrected chi connectivity index (χ2v) is 6.63. The molecule has 4 atom stereocenters. The van der Waals surface area contributed by atoms with Crippen LogP contribution in [0.5, 0.6) is 0 Å². The third-order valence-corrected chi connectivity index (χ3v) is 5.04. The molecule has 2 fully saturated rings. The number of carbonyl (C=O) groups excluding carboxylic acids is 1. The largest absolute Gasteiger partial charge is 0.391 e. The van der Waals surface area contributed by atoms with Gasteiger partial charge in [0.05, 0.1) is 12.1 Å². The van der Waals surface area contributed by atoms with Crippen LogP contribution >= 0.6 is 0 Å². The van der Waals surface area contributed by atoms with Crippen molar-refractivity contribution >= 4 is 5.91 Å². The molecule has 0 aromatic heterocycles. The van der Waals surface area contributed by atoms with Gasteiger partial charge in [-0.25, -0.2) is 0 Å². The first-order valence-electron chi connectivity index (χ1n) is 8.39. The summed E-state index contributed by atoms with van der Waals surface area (Å²) < 4.78 is 0. The fourth-order valence-corrected chi connectivity index (χ4v) is 3.78. The molecule has 0 spiro atoms. The highest BCUT2D eigenvalue weighted by molar-refractivity contribution is 5.79. The van der Waals surface area contributed by atoms with Crippen molar-refractivity contribution in [1.82, 2.24) is 5.32 Å². The first-order chi connectivity index (χ1) is 9.70. The monoisotopic (exact) mass is 282 g/mol. The molecular weight excluding hydrogens is 252 g/mol. The summed E-state index contributed by atoms with van der Waals surface area (Å²) in [4.78, 5) is 12.4. The third-order valence-electron chi connectivity index (χ3n) is 5.04. The average molecular weight is 282 g/mol. The number of carbonyl (C=O) groups is 1. The van der Waals surface area contributed by atoms with Crippen molar-refractivity contribution in [2.45, 2.75) is 76.4 Å². The van der Waals surface area contributed by atoms with E-state index in [9.17, 15) is 9.90 Å². The van der Waals surface area contributed by atoms with E-state index >= 15 is 0 Å². The van der Waals surface area contributed by atoms with Gasteiger partial charge in [0.15, 0.2) is 0 Å². The van der Waals surface area contributed by atoms with E-state index in [1.54, 1.807) is 0 Å².